The largest absolute Gasteiger partial charge is 0.497 e. The standard InChI is InChI=1S/C20H28N2O6/c1-13-5-14(2)11-22(10-13)18(23)12-28-19(24)9-21-20(25)15-6-16(26-3)8-17(7-15)27-4/h6-8,13-14H,5,9-12H2,1-4H3,(H,21,25)/t13-,14+. The molecule has 154 valence electrons. The summed E-state index contributed by atoms with van der Waals surface area (Å²) in [6.45, 7) is 4.90. The van der Waals surface area contributed by atoms with E-state index in [-0.39, 0.29) is 24.6 Å². The molecule has 0 radical (unpaired) electrons. The molecule has 1 N–H and O–H groups in total. The van der Waals surface area contributed by atoms with E-state index in [4.69, 9.17) is 14.2 Å². The minimum Gasteiger partial charge on any atom is -0.497 e. The van der Waals surface area contributed by atoms with Gasteiger partial charge in [-0.15, -0.1) is 0 Å². The first-order chi connectivity index (χ1) is 13.3. The molecule has 0 saturated carbocycles. The summed E-state index contributed by atoms with van der Waals surface area (Å²) in [7, 11) is 2.96. The van der Waals surface area contributed by atoms with Crippen LogP contribution in [0.25, 0.3) is 0 Å². The normalized spacial score (nSPS) is 18.9. The number of hydrogen-bond acceptors (Lipinski definition) is 6. The van der Waals surface area contributed by atoms with Gasteiger partial charge in [0, 0.05) is 24.7 Å². The van der Waals surface area contributed by atoms with E-state index < -0.39 is 11.9 Å². The zero-order valence-electron chi connectivity index (χ0n) is 16.8. The third-order valence-electron chi connectivity index (χ3n) is 4.59. The van der Waals surface area contributed by atoms with Crippen LogP contribution in [0.5, 0.6) is 11.5 Å². The molecule has 1 aromatic carbocycles. The summed E-state index contributed by atoms with van der Waals surface area (Å²) in [5, 5.41) is 2.47. The highest BCUT2D eigenvalue weighted by atomic mass is 16.5. The zero-order chi connectivity index (χ0) is 20.7. The summed E-state index contributed by atoms with van der Waals surface area (Å²) in [6, 6.07) is 4.70. The number of esters is 1. The Bertz CT molecular complexity index is 688. The van der Waals surface area contributed by atoms with Crippen LogP contribution in [0.2, 0.25) is 0 Å². The summed E-state index contributed by atoms with van der Waals surface area (Å²) in [4.78, 5) is 38.1. The van der Waals surface area contributed by atoms with Gasteiger partial charge in [0.2, 0.25) is 0 Å². The number of methoxy groups -OCH3 is 2. The molecule has 1 aliphatic rings. The lowest BCUT2D eigenvalue weighted by Gasteiger charge is -2.34. The van der Waals surface area contributed by atoms with Crippen molar-refractivity contribution in [1.82, 2.24) is 10.2 Å². The van der Waals surface area contributed by atoms with Crippen molar-refractivity contribution < 1.29 is 28.6 Å². The van der Waals surface area contributed by atoms with Gasteiger partial charge in [0.1, 0.15) is 18.0 Å². The van der Waals surface area contributed by atoms with Gasteiger partial charge >= 0.3 is 5.97 Å². The molecule has 0 bridgehead atoms. The highest BCUT2D eigenvalue weighted by Gasteiger charge is 2.26. The van der Waals surface area contributed by atoms with Gasteiger partial charge in [-0.2, -0.15) is 0 Å². The summed E-state index contributed by atoms with van der Waals surface area (Å²) in [6.07, 6.45) is 1.09. The maximum absolute atomic E-state index is 12.2. The van der Waals surface area contributed by atoms with Crippen LogP contribution in [0, 0.1) is 11.8 Å². The molecule has 28 heavy (non-hydrogen) atoms. The van der Waals surface area contributed by atoms with Gasteiger partial charge in [-0.25, -0.2) is 0 Å². The molecule has 2 amide bonds. The van der Waals surface area contributed by atoms with Crippen molar-refractivity contribution in [2.45, 2.75) is 20.3 Å². The zero-order valence-corrected chi connectivity index (χ0v) is 16.8. The van der Waals surface area contributed by atoms with E-state index in [9.17, 15) is 14.4 Å². The van der Waals surface area contributed by atoms with E-state index in [1.807, 2.05) is 0 Å². The number of nitrogens with zero attached hydrogens (tertiary/aromatic N) is 1. The number of ether oxygens (including phenoxy) is 3. The van der Waals surface area contributed by atoms with E-state index in [0.717, 1.165) is 6.42 Å². The van der Waals surface area contributed by atoms with E-state index in [2.05, 4.69) is 19.2 Å². The number of hydrogen-bond donors (Lipinski definition) is 1. The van der Waals surface area contributed by atoms with Crippen molar-refractivity contribution >= 4 is 17.8 Å². The Kier molecular flexibility index (Phi) is 7.66. The van der Waals surface area contributed by atoms with E-state index >= 15 is 0 Å². The second kappa shape index (κ2) is 9.96. The fourth-order valence-electron chi connectivity index (χ4n) is 3.34. The fourth-order valence-corrected chi connectivity index (χ4v) is 3.34. The van der Waals surface area contributed by atoms with Gasteiger partial charge in [-0.1, -0.05) is 13.8 Å². The number of rotatable bonds is 7. The SMILES string of the molecule is COc1cc(OC)cc(C(=O)NCC(=O)OCC(=O)N2C[C@H](C)C[C@H](C)C2)c1. The smallest absolute Gasteiger partial charge is 0.325 e. The Hall–Kier alpha value is -2.77. The average Bonchev–Trinajstić information content (AvgIpc) is 2.68. The van der Waals surface area contributed by atoms with Crippen LogP contribution in [0.4, 0.5) is 0 Å². The van der Waals surface area contributed by atoms with E-state index in [1.165, 1.54) is 26.4 Å². The van der Waals surface area contributed by atoms with Crippen LogP contribution in [0.1, 0.15) is 30.6 Å². The quantitative estimate of drug-likeness (QED) is 0.707. The van der Waals surface area contributed by atoms with E-state index in [1.54, 1.807) is 11.0 Å². The number of nitrogens with one attached hydrogen (secondary N) is 1. The minimum absolute atomic E-state index is 0.212. The summed E-state index contributed by atoms with van der Waals surface area (Å²) in [5.74, 6) is 0.430. The molecular formula is C20H28N2O6. The molecule has 0 aliphatic carbocycles. The molecule has 1 fully saturated rings. The third kappa shape index (κ3) is 6.14. The molecule has 8 nitrogen and oxygen atoms in total. The highest BCUT2D eigenvalue weighted by molar-refractivity contribution is 5.96. The van der Waals surface area contributed by atoms with Crippen LogP contribution in [0.3, 0.4) is 0 Å². The summed E-state index contributed by atoms with van der Waals surface area (Å²) >= 11 is 0. The Morgan fingerprint density at radius 2 is 1.61 bits per heavy atom. The van der Waals surface area contributed by atoms with Gasteiger partial charge in [0.25, 0.3) is 11.8 Å². The number of carbonyl (C=O) groups is 3. The summed E-state index contributed by atoms with van der Waals surface area (Å²) in [5.41, 5.74) is 0.288. The first-order valence-electron chi connectivity index (χ1n) is 9.27. The molecule has 2 rings (SSSR count). The van der Waals surface area contributed by atoms with Crippen molar-refractivity contribution in [3.05, 3.63) is 23.8 Å². The number of benzene rings is 1. The van der Waals surface area contributed by atoms with Crippen LogP contribution in [0.15, 0.2) is 18.2 Å². The topological polar surface area (TPSA) is 94.2 Å². The van der Waals surface area contributed by atoms with Crippen LogP contribution < -0.4 is 14.8 Å². The number of amides is 2. The predicted molar refractivity (Wildman–Crippen MR) is 102 cm³/mol. The molecule has 1 aliphatic heterocycles. The maximum atomic E-state index is 12.2. The number of likely N-dealkylation sites (tertiary alicyclic amines) is 1. The molecule has 1 saturated heterocycles. The first-order valence-corrected chi connectivity index (χ1v) is 9.27. The monoisotopic (exact) mass is 392 g/mol. The molecule has 8 heteroatoms. The van der Waals surface area contributed by atoms with E-state index in [0.29, 0.717) is 36.4 Å². The number of carbonyl (C=O) groups excluding carboxylic acids is 3. The number of piperidine rings is 1. The second-order valence-corrected chi connectivity index (χ2v) is 7.19. The molecule has 0 spiro atoms. The Morgan fingerprint density at radius 1 is 1.04 bits per heavy atom. The maximum Gasteiger partial charge on any atom is 0.325 e. The average molecular weight is 392 g/mol. The van der Waals surface area contributed by atoms with Gasteiger partial charge in [0.05, 0.1) is 14.2 Å². The van der Waals surface area contributed by atoms with Crippen molar-refractivity contribution in [3.8, 4) is 11.5 Å². The van der Waals surface area contributed by atoms with Crippen LogP contribution in [-0.4, -0.2) is 63.1 Å². The lowest BCUT2D eigenvalue weighted by atomic mass is 9.92. The highest BCUT2D eigenvalue weighted by Crippen LogP contribution is 2.22. The van der Waals surface area contributed by atoms with Crippen molar-refractivity contribution in [2.24, 2.45) is 11.8 Å². The van der Waals surface area contributed by atoms with Gasteiger partial charge in [0.15, 0.2) is 6.61 Å². The second-order valence-electron chi connectivity index (χ2n) is 7.19. The molecule has 2 atom stereocenters. The molecule has 1 aromatic rings. The first kappa shape index (κ1) is 21.5. The third-order valence-corrected chi connectivity index (χ3v) is 4.59. The molecule has 1 heterocycles. The molecule has 0 unspecified atom stereocenters. The Balaban J connectivity index is 1.80. The van der Waals surface area contributed by atoms with Crippen molar-refractivity contribution in [2.75, 3.05) is 40.5 Å². The Labute approximate surface area is 165 Å². The van der Waals surface area contributed by atoms with Crippen molar-refractivity contribution in [1.29, 1.82) is 0 Å². The van der Waals surface area contributed by atoms with Crippen LogP contribution >= 0.6 is 0 Å². The summed E-state index contributed by atoms with van der Waals surface area (Å²) < 4.78 is 15.2. The molecular weight excluding hydrogens is 364 g/mol. The molecule has 0 aromatic heterocycles. The predicted octanol–water partition coefficient (Wildman–Crippen LogP) is 1.48. The lowest BCUT2D eigenvalue weighted by molar-refractivity contribution is -0.152. The van der Waals surface area contributed by atoms with Gasteiger partial charge < -0.3 is 24.4 Å². The Morgan fingerprint density at radius 3 is 2.14 bits per heavy atom. The fraction of sp³-hybridized carbons (Fsp3) is 0.550. The van der Waals surface area contributed by atoms with Crippen LogP contribution in [-0.2, 0) is 14.3 Å². The lowest BCUT2D eigenvalue weighted by Crippen LogP contribution is -2.44. The van der Waals surface area contributed by atoms with Gasteiger partial charge in [-0.3, -0.25) is 14.4 Å². The minimum atomic E-state index is -0.672. The van der Waals surface area contributed by atoms with Crippen molar-refractivity contribution in [3.63, 3.8) is 0 Å². The van der Waals surface area contributed by atoms with Gasteiger partial charge in [-0.05, 0) is 30.4 Å².